The first kappa shape index (κ1) is 48.3. The van der Waals surface area contributed by atoms with Gasteiger partial charge >= 0.3 is 0 Å². The van der Waals surface area contributed by atoms with Gasteiger partial charge in [-0.05, 0) is 111 Å². The minimum atomic E-state index is -1.74. The van der Waals surface area contributed by atoms with Crippen molar-refractivity contribution >= 4 is 0 Å². The summed E-state index contributed by atoms with van der Waals surface area (Å²) in [5.74, 6) is 3.56. The molecule has 0 aromatic rings. The number of aliphatic hydroxyl groups is 11. The maximum absolute atomic E-state index is 11.2. The normalized spacial score (nSPS) is 52.7. The van der Waals surface area contributed by atoms with Gasteiger partial charge in [-0.1, -0.05) is 20.8 Å². The minimum Gasteiger partial charge on any atom is -0.494 e. The molecule has 63 heavy (non-hydrogen) atoms. The molecule has 0 aromatic carbocycles. The zero-order valence-corrected chi connectivity index (χ0v) is 37.0. The van der Waals surface area contributed by atoms with Gasteiger partial charge in [0.25, 0.3) is 0 Å². The van der Waals surface area contributed by atoms with Gasteiger partial charge in [0.15, 0.2) is 18.9 Å². The van der Waals surface area contributed by atoms with Crippen LogP contribution in [0.3, 0.4) is 0 Å². The summed E-state index contributed by atoms with van der Waals surface area (Å²) < 4.78 is 42.2. The zero-order valence-electron chi connectivity index (χ0n) is 37.0. The number of aliphatic hydroxyl groups excluding tert-OH is 11. The largest absolute Gasteiger partial charge is 0.494 e. The van der Waals surface area contributed by atoms with E-state index in [1.165, 1.54) is 5.57 Å². The molecule has 4 saturated carbocycles. The highest BCUT2D eigenvalue weighted by Crippen LogP contribution is 2.70. The van der Waals surface area contributed by atoms with E-state index in [1.807, 2.05) is 0 Å². The highest BCUT2D eigenvalue weighted by atomic mass is 16.8. The molecule has 18 nitrogen and oxygen atoms in total. The van der Waals surface area contributed by atoms with Gasteiger partial charge in [-0.15, -0.1) is 0 Å². The van der Waals surface area contributed by atoms with E-state index >= 15 is 0 Å². The van der Waals surface area contributed by atoms with E-state index in [0.29, 0.717) is 29.6 Å². The molecular formula is C45H74O18. The molecule has 4 aliphatic carbocycles. The van der Waals surface area contributed by atoms with Crippen LogP contribution in [0.1, 0.15) is 91.9 Å². The van der Waals surface area contributed by atoms with Crippen LogP contribution in [0.2, 0.25) is 0 Å². The van der Waals surface area contributed by atoms with E-state index in [2.05, 4.69) is 27.7 Å². The van der Waals surface area contributed by atoms with Gasteiger partial charge in [-0.2, -0.15) is 0 Å². The summed E-state index contributed by atoms with van der Waals surface area (Å²) in [6.07, 6.45) is -12.1. The van der Waals surface area contributed by atoms with Crippen molar-refractivity contribution in [1.29, 1.82) is 0 Å². The molecule has 11 N–H and O–H groups in total. The van der Waals surface area contributed by atoms with Crippen molar-refractivity contribution < 1.29 is 89.3 Å². The number of fused-ring (bicyclic) bond motifs is 7. The molecule has 7 fully saturated rings. The van der Waals surface area contributed by atoms with Crippen molar-refractivity contribution in [2.24, 2.45) is 46.3 Å². The summed E-state index contributed by atoms with van der Waals surface area (Å²) in [5, 5.41) is 113. The molecular weight excluding hydrogens is 828 g/mol. The monoisotopic (exact) mass is 902 g/mol. The smallest absolute Gasteiger partial charge is 0.187 e. The second-order valence-electron chi connectivity index (χ2n) is 20.9. The first-order valence-electron chi connectivity index (χ1n) is 23.5. The highest BCUT2D eigenvalue weighted by molar-refractivity contribution is 5.26. The average Bonchev–Trinajstić information content (AvgIpc) is 3.76. The second-order valence-corrected chi connectivity index (χ2v) is 20.9. The summed E-state index contributed by atoms with van der Waals surface area (Å²) in [4.78, 5) is 0. The predicted octanol–water partition coefficient (Wildman–Crippen LogP) is -0.830. The van der Waals surface area contributed by atoms with Crippen molar-refractivity contribution in [1.82, 2.24) is 0 Å². The Labute approximate surface area is 369 Å². The topological polar surface area (TPSA) is 287 Å². The second kappa shape index (κ2) is 19.1. The SMILES string of the molecule is CC1=C(CC[C@H](C)CO[C@H]2O[C@@H](CO)[C@H](O)[C@@H](O)[C@@H]2O)O[C@H]2C[C@@H]3[C@@H]4CC[C@@H]5C[C@@H](O[C@@H]6O[C@H](CO)[C@H](O)[C@H](O)[C@H]6O[C@@H]6O[C@H](CO)[C@@H](O)[C@H](O)[C@H]6O)CC[C@]5(C)[C@H]4CC[C@]3(C)[C@@H]12. The van der Waals surface area contributed by atoms with Gasteiger partial charge in [0.2, 0.25) is 0 Å². The lowest BCUT2D eigenvalue weighted by Gasteiger charge is -2.61. The van der Waals surface area contributed by atoms with Crippen LogP contribution in [0.15, 0.2) is 11.3 Å². The molecule has 4 heterocycles. The van der Waals surface area contributed by atoms with Gasteiger partial charge in [-0.3, -0.25) is 0 Å². The number of hydrogen-bond acceptors (Lipinski definition) is 18. The summed E-state index contributed by atoms with van der Waals surface area (Å²) in [5.41, 5.74) is 1.57. The molecule has 0 amide bonds. The van der Waals surface area contributed by atoms with Crippen molar-refractivity contribution in [3.63, 3.8) is 0 Å². The van der Waals surface area contributed by atoms with Gasteiger partial charge < -0.3 is 89.3 Å². The van der Waals surface area contributed by atoms with Crippen molar-refractivity contribution in [2.45, 2.75) is 196 Å². The lowest BCUT2D eigenvalue weighted by Crippen LogP contribution is -2.65. The zero-order chi connectivity index (χ0) is 45.3. The molecule has 18 heteroatoms. The molecule has 8 aliphatic rings. The first-order chi connectivity index (χ1) is 29.9. The number of hydrogen-bond donors (Lipinski definition) is 11. The van der Waals surface area contributed by atoms with Crippen LogP contribution in [0.25, 0.3) is 0 Å². The standard InChI is InChI=1S/C45H74O18/c1-19(18-57-41-38(55)35(52)32(49)28(15-46)60-41)5-8-26-20(2)31-27(59-26)14-25-23-7-6-21-13-22(9-11-44(21,3)24(23)10-12-45(25,31)4)58-43-40(37(54)34(51)30(17-48)62-43)63-42-39(56)36(53)33(50)29(16-47)61-42/h19,21-25,27-43,46-56H,5-18H2,1-4H3/t19-,21+,22-,23+,24-,25+,27-,28-,29+,30+,31-,32-,33+,34-,35+,36-,37-,38-,39+,40+,41-,42-,43+,44-,45-/m0/s1. The van der Waals surface area contributed by atoms with Crippen molar-refractivity contribution in [3.8, 4) is 0 Å². The summed E-state index contributed by atoms with van der Waals surface area (Å²) in [6.45, 7) is 7.74. The molecule has 0 bridgehead atoms. The highest BCUT2D eigenvalue weighted by Gasteiger charge is 2.65. The van der Waals surface area contributed by atoms with E-state index in [0.717, 1.165) is 70.0 Å². The van der Waals surface area contributed by atoms with E-state index in [1.54, 1.807) is 0 Å². The molecule has 0 aromatic heterocycles. The molecule has 8 rings (SSSR count). The molecule has 3 saturated heterocycles. The Morgan fingerprint density at radius 1 is 0.635 bits per heavy atom. The molecule has 0 unspecified atom stereocenters. The fraction of sp³-hybridized carbons (Fsp3) is 0.956. The third-order valence-electron chi connectivity index (χ3n) is 17.4. The Morgan fingerprint density at radius 3 is 1.87 bits per heavy atom. The lowest BCUT2D eigenvalue weighted by molar-refractivity contribution is -0.373. The number of rotatable bonds is 13. The van der Waals surface area contributed by atoms with Crippen LogP contribution in [0.4, 0.5) is 0 Å². The van der Waals surface area contributed by atoms with E-state index < -0.39 is 112 Å². The van der Waals surface area contributed by atoms with Crippen LogP contribution in [-0.4, -0.2) is 187 Å². The predicted molar refractivity (Wildman–Crippen MR) is 218 cm³/mol. The maximum atomic E-state index is 11.2. The molecule has 4 aliphatic heterocycles. The third-order valence-corrected chi connectivity index (χ3v) is 17.4. The molecule has 25 atom stereocenters. The van der Waals surface area contributed by atoms with Crippen LogP contribution in [-0.2, 0) is 33.2 Å². The summed E-state index contributed by atoms with van der Waals surface area (Å²) in [7, 11) is 0. The summed E-state index contributed by atoms with van der Waals surface area (Å²) >= 11 is 0. The number of ether oxygens (including phenoxy) is 7. The maximum Gasteiger partial charge on any atom is 0.187 e. The Hall–Kier alpha value is -1.14. The van der Waals surface area contributed by atoms with E-state index in [-0.39, 0.29) is 35.6 Å². The quantitative estimate of drug-likeness (QED) is 0.101. The van der Waals surface area contributed by atoms with Gasteiger partial charge in [-0.25, -0.2) is 0 Å². The minimum absolute atomic E-state index is 0.0928. The van der Waals surface area contributed by atoms with E-state index in [9.17, 15) is 56.2 Å². The Kier molecular flexibility index (Phi) is 14.6. The fourth-order valence-electron chi connectivity index (χ4n) is 13.7. The fourth-order valence-corrected chi connectivity index (χ4v) is 13.7. The molecule has 0 spiro atoms. The summed E-state index contributed by atoms with van der Waals surface area (Å²) in [6, 6.07) is 0. The lowest BCUT2D eigenvalue weighted by atomic mass is 9.44. The van der Waals surface area contributed by atoms with Crippen LogP contribution in [0, 0.1) is 46.3 Å². The molecule has 0 radical (unpaired) electrons. The third kappa shape index (κ3) is 8.68. The Bertz CT molecular complexity index is 1580. The Morgan fingerprint density at radius 2 is 1.22 bits per heavy atom. The van der Waals surface area contributed by atoms with Gasteiger partial charge in [0, 0.05) is 12.3 Å². The first-order valence-corrected chi connectivity index (χ1v) is 23.5. The Balaban J connectivity index is 0.872. The number of allylic oxidation sites excluding steroid dienone is 1. The van der Waals surface area contributed by atoms with Gasteiger partial charge in [0.05, 0.1) is 38.3 Å². The molecule has 362 valence electrons. The van der Waals surface area contributed by atoms with Crippen LogP contribution < -0.4 is 0 Å². The van der Waals surface area contributed by atoms with Crippen molar-refractivity contribution in [2.75, 3.05) is 26.4 Å². The van der Waals surface area contributed by atoms with Crippen LogP contribution in [0.5, 0.6) is 0 Å². The van der Waals surface area contributed by atoms with Crippen molar-refractivity contribution in [3.05, 3.63) is 11.3 Å². The van der Waals surface area contributed by atoms with E-state index in [4.69, 9.17) is 33.2 Å². The average molecular weight is 903 g/mol. The van der Waals surface area contributed by atoms with Crippen LogP contribution >= 0.6 is 0 Å². The van der Waals surface area contributed by atoms with Gasteiger partial charge in [0.1, 0.15) is 79.4 Å².